The number of H-pyrrole nitrogens is 1. The monoisotopic (exact) mass is 418 g/mol. The summed E-state index contributed by atoms with van der Waals surface area (Å²) in [6, 6.07) is 6.08. The lowest BCUT2D eigenvalue weighted by molar-refractivity contribution is 1.29. The van der Waals surface area contributed by atoms with E-state index in [1.54, 1.807) is 12.4 Å². The van der Waals surface area contributed by atoms with Crippen LogP contribution in [-0.4, -0.2) is 9.97 Å². The van der Waals surface area contributed by atoms with E-state index in [2.05, 4.69) is 64.3 Å². The first kappa shape index (κ1) is 13.1. The third kappa shape index (κ3) is 2.89. The number of imidazole rings is 1. The van der Waals surface area contributed by atoms with Crippen LogP contribution in [0, 0.1) is 0 Å². The highest BCUT2D eigenvalue weighted by molar-refractivity contribution is 9.38. The lowest BCUT2D eigenvalue weighted by Crippen LogP contribution is -2.01. The third-order valence-corrected chi connectivity index (χ3v) is 3.63. The number of rotatable bonds is 2. The van der Waals surface area contributed by atoms with Gasteiger partial charge in [0.1, 0.15) is 5.82 Å². The van der Waals surface area contributed by atoms with Crippen molar-refractivity contribution in [3.05, 3.63) is 48.3 Å². The molecule has 88 valence electrons. The van der Waals surface area contributed by atoms with Crippen LogP contribution in [0.1, 0.15) is 11.1 Å². The Morgan fingerprint density at radius 2 is 2.06 bits per heavy atom. The molecule has 0 aliphatic rings. The molecular weight excluding hydrogens is 412 g/mol. The minimum atomic E-state index is -0.432. The zero-order valence-corrected chi connectivity index (χ0v) is 13.5. The van der Waals surface area contributed by atoms with E-state index in [1.165, 1.54) is 0 Å². The minimum absolute atomic E-state index is 0.432. The molecule has 1 heterocycles. The van der Waals surface area contributed by atoms with Crippen molar-refractivity contribution >= 4 is 53.9 Å². The predicted molar refractivity (Wildman–Crippen MR) is 82.6 cm³/mol. The number of halogens is 3. The summed E-state index contributed by atoms with van der Waals surface area (Å²) in [7, 11) is 0. The Morgan fingerprint density at radius 1 is 1.29 bits per heavy atom. The van der Waals surface area contributed by atoms with E-state index >= 15 is 0 Å². The largest absolute Gasteiger partial charge is 0.345 e. The van der Waals surface area contributed by atoms with Crippen molar-refractivity contribution in [1.82, 2.24) is 9.97 Å². The third-order valence-electron chi connectivity index (χ3n) is 2.35. The Morgan fingerprint density at radius 3 is 2.59 bits per heavy atom. The van der Waals surface area contributed by atoms with Gasteiger partial charge >= 0.3 is 0 Å². The zero-order valence-electron chi connectivity index (χ0n) is 8.75. The van der Waals surface area contributed by atoms with Crippen molar-refractivity contribution in [2.24, 2.45) is 0 Å². The topological polar surface area (TPSA) is 28.7 Å². The summed E-state index contributed by atoms with van der Waals surface area (Å²) in [5.41, 5.74) is 3.12. The number of hydrogen-bond acceptors (Lipinski definition) is 1. The van der Waals surface area contributed by atoms with Gasteiger partial charge in [0.15, 0.2) is 2.14 Å². The first-order valence-corrected chi connectivity index (χ1v) is 7.23. The number of nitrogens with one attached hydrogen (secondary N) is 1. The van der Waals surface area contributed by atoms with Crippen molar-refractivity contribution in [3.63, 3.8) is 0 Å². The minimum Gasteiger partial charge on any atom is -0.345 e. The second kappa shape index (κ2) is 5.08. The van der Waals surface area contributed by atoms with Crippen LogP contribution in [0.4, 0.5) is 0 Å². The maximum atomic E-state index is 4.23. The Labute approximate surface area is 125 Å². The smallest absolute Gasteiger partial charge is 0.160 e. The highest BCUT2D eigenvalue weighted by atomic mass is 80.0. The summed E-state index contributed by atoms with van der Waals surface area (Å²) in [5, 5.41) is 0. The van der Waals surface area contributed by atoms with Crippen LogP contribution in [0.5, 0.6) is 0 Å². The molecule has 2 aromatic rings. The molecule has 0 radical (unpaired) electrons. The standard InChI is InChI=1S/C12H9Br3N2/c1-2-8-7-9(11-16-5-6-17-11)3-4-10(8)12(13,14)15/h2-7H,1H2,(H,16,17). The van der Waals surface area contributed by atoms with E-state index in [1.807, 2.05) is 24.3 Å². The normalized spacial score (nSPS) is 11.5. The first-order chi connectivity index (χ1) is 8.02. The fourth-order valence-electron chi connectivity index (χ4n) is 1.56. The molecule has 0 spiro atoms. The van der Waals surface area contributed by atoms with E-state index in [0.29, 0.717) is 0 Å². The number of benzene rings is 1. The van der Waals surface area contributed by atoms with Crippen molar-refractivity contribution in [2.45, 2.75) is 2.14 Å². The second-order valence-corrected chi connectivity index (χ2v) is 10.2. The summed E-state index contributed by atoms with van der Waals surface area (Å²) < 4.78 is -0.432. The average molecular weight is 421 g/mol. The fourth-order valence-corrected chi connectivity index (χ4v) is 2.64. The number of alkyl halides is 3. The molecule has 1 aromatic heterocycles. The van der Waals surface area contributed by atoms with Gasteiger partial charge in [-0.3, -0.25) is 0 Å². The zero-order chi connectivity index (χ0) is 12.5. The molecule has 0 saturated heterocycles. The van der Waals surface area contributed by atoms with Gasteiger partial charge in [0.05, 0.1) is 0 Å². The van der Waals surface area contributed by atoms with E-state index in [0.717, 1.165) is 22.5 Å². The molecule has 0 amide bonds. The van der Waals surface area contributed by atoms with Gasteiger partial charge in [0, 0.05) is 18.0 Å². The van der Waals surface area contributed by atoms with Crippen molar-refractivity contribution < 1.29 is 0 Å². The maximum absolute atomic E-state index is 4.23. The molecular formula is C12H9Br3N2. The van der Waals surface area contributed by atoms with Gasteiger partial charge in [-0.25, -0.2) is 4.98 Å². The van der Waals surface area contributed by atoms with E-state index in [-0.39, 0.29) is 0 Å². The van der Waals surface area contributed by atoms with Crippen LogP contribution < -0.4 is 0 Å². The summed E-state index contributed by atoms with van der Waals surface area (Å²) in [5.74, 6) is 0.851. The van der Waals surface area contributed by atoms with Gasteiger partial charge < -0.3 is 4.98 Å². The number of aromatic amines is 1. The Balaban J connectivity index is 2.52. The van der Waals surface area contributed by atoms with Gasteiger partial charge in [-0.1, -0.05) is 72.6 Å². The van der Waals surface area contributed by atoms with Gasteiger partial charge in [-0.2, -0.15) is 0 Å². The summed E-state index contributed by atoms with van der Waals surface area (Å²) >= 11 is 10.5. The number of hydrogen-bond donors (Lipinski definition) is 1. The van der Waals surface area contributed by atoms with Gasteiger partial charge in [-0.15, -0.1) is 0 Å². The predicted octanol–water partition coefficient (Wildman–Crippen LogP) is 5.01. The van der Waals surface area contributed by atoms with Crippen LogP contribution in [-0.2, 0) is 2.14 Å². The molecule has 1 aromatic carbocycles. The molecule has 0 aliphatic heterocycles. The quantitative estimate of drug-likeness (QED) is 0.679. The van der Waals surface area contributed by atoms with Crippen molar-refractivity contribution in [3.8, 4) is 11.4 Å². The highest BCUT2D eigenvalue weighted by Crippen LogP contribution is 2.46. The molecule has 5 heteroatoms. The number of nitrogens with zero attached hydrogens (tertiary/aromatic N) is 1. The molecule has 0 bridgehead atoms. The molecule has 0 fully saturated rings. The first-order valence-electron chi connectivity index (χ1n) is 4.86. The SMILES string of the molecule is C=Cc1cc(-c2ncc[nH]2)ccc1C(Br)(Br)Br. The van der Waals surface area contributed by atoms with E-state index < -0.39 is 2.14 Å². The van der Waals surface area contributed by atoms with Gasteiger partial charge in [0.25, 0.3) is 0 Å². The lowest BCUT2D eigenvalue weighted by Gasteiger charge is -2.16. The molecule has 2 rings (SSSR count). The number of aromatic nitrogens is 2. The average Bonchev–Trinajstić information content (AvgIpc) is 2.80. The summed E-state index contributed by atoms with van der Waals surface area (Å²) in [4.78, 5) is 7.31. The Kier molecular flexibility index (Phi) is 3.90. The van der Waals surface area contributed by atoms with Gasteiger partial charge in [0.2, 0.25) is 0 Å². The maximum Gasteiger partial charge on any atom is 0.160 e. The van der Waals surface area contributed by atoms with Crippen LogP contribution in [0.3, 0.4) is 0 Å². The van der Waals surface area contributed by atoms with Gasteiger partial charge in [-0.05, 0) is 17.2 Å². The van der Waals surface area contributed by atoms with Crippen LogP contribution in [0.25, 0.3) is 17.5 Å². The van der Waals surface area contributed by atoms with Crippen LogP contribution in [0.15, 0.2) is 37.2 Å². The molecule has 0 unspecified atom stereocenters. The van der Waals surface area contributed by atoms with E-state index in [9.17, 15) is 0 Å². The molecule has 0 aliphatic carbocycles. The van der Waals surface area contributed by atoms with Crippen LogP contribution in [0.2, 0.25) is 0 Å². The van der Waals surface area contributed by atoms with Crippen LogP contribution >= 0.6 is 47.8 Å². The molecule has 17 heavy (non-hydrogen) atoms. The fraction of sp³-hybridized carbons (Fsp3) is 0.0833. The van der Waals surface area contributed by atoms with Crippen molar-refractivity contribution in [1.29, 1.82) is 0 Å². The Hall–Kier alpha value is -0.390. The molecule has 2 nitrogen and oxygen atoms in total. The molecule has 0 saturated carbocycles. The van der Waals surface area contributed by atoms with E-state index in [4.69, 9.17) is 0 Å². The highest BCUT2D eigenvalue weighted by Gasteiger charge is 2.23. The second-order valence-electron chi connectivity index (χ2n) is 3.44. The van der Waals surface area contributed by atoms with Crippen molar-refractivity contribution in [2.75, 3.05) is 0 Å². The summed E-state index contributed by atoms with van der Waals surface area (Å²) in [6.45, 7) is 3.83. The molecule has 0 atom stereocenters. The lowest BCUT2D eigenvalue weighted by atomic mass is 10.0. The molecule has 1 N–H and O–H groups in total. The summed E-state index contributed by atoms with van der Waals surface area (Å²) in [6.07, 6.45) is 5.36. The Bertz CT molecular complexity index is 527.